The molecule has 1 aromatic heterocycles. The molecule has 0 aliphatic rings. The smallest absolute Gasteiger partial charge is 0.340 e. The van der Waals surface area contributed by atoms with Crippen LogP contribution in [0.1, 0.15) is 58.6 Å². The van der Waals surface area contributed by atoms with Crippen LogP contribution in [0, 0.1) is 6.92 Å². The average molecular weight is 649 g/mol. The van der Waals surface area contributed by atoms with Crippen molar-refractivity contribution in [1.82, 2.24) is 9.13 Å². The van der Waals surface area contributed by atoms with Crippen LogP contribution in [0.4, 0.5) is 0 Å². The number of aromatic nitrogens is 2. The van der Waals surface area contributed by atoms with Crippen molar-refractivity contribution in [3.8, 4) is 11.5 Å². The molecule has 0 aliphatic carbocycles. The lowest BCUT2D eigenvalue weighted by Crippen LogP contribution is -2.46. The fourth-order valence-electron chi connectivity index (χ4n) is 5.92. The largest absolute Gasteiger partial charge is 0.497 e. The number of nitrogens with zero attached hydrogens (tertiary/aromatic N) is 2. The third kappa shape index (κ3) is 6.74. The molecule has 0 spiro atoms. The Labute approximate surface area is 279 Å². The lowest BCUT2D eigenvalue weighted by molar-refractivity contribution is -0.0863. The zero-order valence-electron chi connectivity index (χ0n) is 27.8. The molecule has 4 aromatic carbocycles. The molecule has 0 saturated carbocycles. The van der Waals surface area contributed by atoms with E-state index >= 15 is 0 Å². The summed E-state index contributed by atoms with van der Waals surface area (Å²) < 4.78 is 26.1. The highest BCUT2D eigenvalue weighted by Crippen LogP contribution is 2.43. The maximum Gasteiger partial charge on any atom is 0.340 e. The molecule has 9 heteroatoms. The van der Waals surface area contributed by atoms with Crippen LogP contribution in [0.2, 0.25) is 0 Å². The number of hydrogen-bond acceptors (Lipinski definition) is 7. The van der Waals surface area contributed by atoms with Crippen LogP contribution < -0.4 is 20.7 Å². The minimum Gasteiger partial charge on any atom is -0.497 e. The molecule has 48 heavy (non-hydrogen) atoms. The van der Waals surface area contributed by atoms with Gasteiger partial charge in [0.2, 0.25) is 0 Å². The number of carbonyl (C=O) groups excluding carboxylic acids is 1. The van der Waals surface area contributed by atoms with E-state index in [4.69, 9.17) is 18.9 Å². The first kappa shape index (κ1) is 34.1. The lowest BCUT2D eigenvalue weighted by atomic mass is 9.79. The Bertz CT molecular complexity index is 1890. The Kier molecular flexibility index (Phi) is 10.7. The van der Waals surface area contributed by atoms with Gasteiger partial charge in [-0.25, -0.2) is 4.79 Å². The maximum absolute atomic E-state index is 13.9. The molecule has 5 aromatic rings. The molecule has 2 atom stereocenters. The molecule has 0 bridgehead atoms. The monoisotopic (exact) mass is 648 g/mol. The van der Waals surface area contributed by atoms with Gasteiger partial charge in [0.15, 0.2) is 0 Å². The van der Waals surface area contributed by atoms with E-state index in [1.165, 1.54) is 17.9 Å². The van der Waals surface area contributed by atoms with Crippen molar-refractivity contribution in [2.45, 2.75) is 44.6 Å². The van der Waals surface area contributed by atoms with Gasteiger partial charge in [-0.3, -0.25) is 14.2 Å². The highest BCUT2D eigenvalue weighted by Gasteiger charge is 2.40. The number of carbonyl (C=O) groups is 1. The molecule has 1 heterocycles. The normalized spacial score (nSPS) is 12.7. The zero-order valence-corrected chi connectivity index (χ0v) is 27.8. The van der Waals surface area contributed by atoms with Crippen molar-refractivity contribution in [3.63, 3.8) is 0 Å². The van der Waals surface area contributed by atoms with Gasteiger partial charge in [-0.1, -0.05) is 79.7 Å². The second-order valence-corrected chi connectivity index (χ2v) is 11.4. The first-order valence-electron chi connectivity index (χ1n) is 15.8. The van der Waals surface area contributed by atoms with Crippen molar-refractivity contribution in [3.05, 3.63) is 164 Å². The minimum absolute atomic E-state index is 0.226. The van der Waals surface area contributed by atoms with Crippen LogP contribution in [0.25, 0.3) is 0 Å². The summed E-state index contributed by atoms with van der Waals surface area (Å²) in [6.45, 7) is 3.57. The Hall–Kier alpha value is -5.25. The van der Waals surface area contributed by atoms with E-state index in [0.29, 0.717) is 22.5 Å². The molecule has 0 N–H and O–H groups in total. The first-order chi connectivity index (χ1) is 23.3. The predicted octanol–water partition coefficient (Wildman–Crippen LogP) is 6.35. The molecule has 0 radical (unpaired) electrons. The van der Waals surface area contributed by atoms with Gasteiger partial charge in [0, 0.05) is 30.9 Å². The van der Waals surface area contributed by atoms with E-state index in [1.54, 1.807) is 51.5 Å². The molecule has 248 valence electrons. The van der Waals surface area contributed by atoms with E-state index in [9.17, 15) is 14.4 Å². The Morgan fingerprint density at radius 2 is 1.23 bits per heavy atom. The number of rotatable bonds is 13. The molecule has 0 saturated heterocycles. The summed E-state index contributed by atoms with van der Waals surface area (Å²) in [6, 6.07) is 33.7. The van der Waals surface area contributed by atoms with Gasteiger partial charge in [0.25, 0.3) is 11.5 Å². The number of ether oxygens (including phenoxy) is 4. The summed E-state index contributed by atoms with van der Waals surface area (Å²) in [5.74, 6) is 0.706. The molecule has 0 amide bonds. The average Bonchev–Trinajstić information content (AvgIpc) is 3.14. The quantitative estimate of drug-likeness (QED) is 0.137. The molecule has 1 unspecified atom stereocenters. The van der Waals surface area contributed by atoms with Crippen molar-refractivity contribution in [1.29, 1.82) is 0 Å². The number of methoxy groups -OCH3 is 3. The Balaban J connectivity index is 1.62. The molecule has 5 rings (SSSR count). The van der Waals surface area contributed by atoms with Crippen LogP contribution in [0.3, 0.4) is 0 Å². The predicted molar refractivity (Wildman–Crippen MR) is 184 cm³/mol. The second-order valence-electron chi connectivity index (χ2n) is 11.4. The lowest BCUT2D eigenvalue weighted by Gasteiger charge is -2.39. The van der Waals surface area contributed by atoms with E-state index in [0.717, 1.165) is 16.7 Å². The van der Waals surface area contributed by atoms with Gasteiger partial charge in [-0.2, -0.15) is 4.57 Å². The summed E-state index contributed by atoms with van der Waals surface area (Å²) in [5.41, 5.74) is 0.508. The Morgan fingerprint density at radius 3 is 1.71 bits per heavy atom. The van der Waals surface area contributed by atoms with Crippen LogP contribution in [0.15, 0.2) is 125 Å². The standard InChI is InChI=1S/C39H40N2O7/c1-6-32(25-35(47-5)40-26-27(2)36(42)41(38(40)44)37(43)28-13-9-7-10-14-28)48-39(29-15-11-8-12-16-29,30-17-21-33(45-3)22-18-30)31-19-23-34(46-4)24-20-31/h7-24,26,32,35H,6,25H2,1-5H3/t32-,35?/m1/s1. The SMILES string of the molecule is CC[C@H](CC(OC)n1cc(C)c(=O)n(C(=O)c2ccccc2)c1=O)OC(c1ccccc1)(c1ccc(OC)cc1)c1ccc(OC)cc1. The molecule has 0 fully saturated rings. The number of hydrogen-bond donors (Lipinski definition) is 0. The highest BCUT2D eigenvalue weighted by molar-refractivity contribution is 5.95. The van der Waals surface area contributed by atoms with Gasteiger partial charge in [0.05, 0.1) is 20.3 Å². The van der Waals surface area contributed by atoms with Crippen LogP contribution in [-0.4, -0.2) is 42.5 Å². The summed E-state index contributed by atoms with van der Waals surface area (Å²) >= 11 is 0. The third-order valence-electron chi connectivity index (χ3n) is 8.53. The summed E-state index contributed by atoms with van der Waals surface area (Å²) in [4.78, 5) is 40.4. The van der Waals surface area contributed by atoms with E-state index in [-0.39, 0.29) is 17.5 Å². The van der Waals surface area contributed by atoms with Crippen molar-refractivity contribution in [2.24, 2.45) is 0 Å². The van der Waals surface area contributed by atoms with E-state index in [1.807, 2.05) is 85.8 Å². The first-order valence-corrected chi connectivity index (χ1v) is 15.8. The molecule has 9 nitrogen and oxygen atoms in total. The fourth-order valence-corrected chi connectivity index (χ4v) is 5.92. The summed E-state index contributed by atoms with van der Waals surface area (Å²) in [6.07, 6.45) is 0.883. The number of aryl methyl sites for hydroxylation is 1. The fraction of sp³-hybridized carbons (Fsp3) is 0.256. The second kappa shape index (κ2) is 15.1. The zero-order chi connectivity index (χ0) is 34.3. The van der Waals surface area contributed by atoms with Crippen LogP contribution >= 0.6 is 0 Å². The van der Waals surface area contributed by atoms with Crippen LogP contribution in [-0.2, 0) is 15.1 Å². The summed E-state index contributed by atoms with van der Waals surface area (Å²) in [7, 11) is 4.74. The van der Waals surface area contributed by atoms with Gasteiger partial charge in [-0.05, 0) is 66.4 Å². The molecular weight excluding hydrogens is 608 g/mol. The highest BCUT2D eigenvalue weighted by atomic mass is 16.5. The van der Waals surface area contributed by atoms with Gasteiger partial charge < -0.3 is 18.9 Å². The van der Waals surface area contributed by atoms with Crippen LogP contribution in [0.5, 0.6) is 11.5 Å². The van der Waals surface area contributed by atoms with E-state index < -0.39 is 35.1 Å². The van der Waals surface area contributed by atoms with Gasteiger partial charge in [0.1, 0.15) is 23.3 Å². The van der Waals surface area contributed by atoms with Crippen molar-refractivity contribution in [2.75, 3.05) is 21.3 Å². The van der Waals surface area contributed by atoms with Gasteiger partial charge in [-0.15, -0.1) is 0 Å². The van der Waals surface area contributed by atoms with E-state index in [2.05, 4.69) is 0 Å². The van der Waals surface area contributed by atoms with Crippen molar-refractivity contribution < 1.29 is 23.7 Å². The number of benzene rings is 4. The maximum atomic E-state index is 13.9. The minimum atomic E-state index is -1.10. The molecular formula is C39H40N2O7. The van der Waals surface area contributed by atoms with Crippen molar-refractivity contribution >= 4 is 5.91 Å². The Morgan fingerprint density at radius 1 is 0.729 bits per heavy atom. The summed E-state index contributed by atoms with van der Waals surface area (Å²) in [5, 5.41) is 0. The topological polar surface area (TPSA) is 98.0 Å². The van der Waals surface area contributed by atoms with Gasteiger partial charge >= 0.3 is 5.69 Å². The molecule has 0 aliphatic heterocycles. The third-order valence-corrected chi connectivity index (χ3v) is 8.53.